The highest BCUT2D eigenvalue weighted by molar-refractivity contribution is 6.06. The second kappa shape index (κ2) is 31.4. The topological polar surface area (TPSA) is 418 Å². The van der Waals surface area contributed by atoms with E-state index in [4.69, 9.17) is 34.5 Å². The zero-order chi connectivity index (χ0) is 76.2. The van der Waals surface area contributed by atoms with Crippen LogP contribution in [0, 0.1) is 29.1 Å². The number of carbonyl (C=O) groups is 9. The number of H-pyrrole nitrogens is 1. The summed E-state index contributed by atoms with van der Waals surface area (Å²) in [5.41, 5.74) is -0.498. The predicted octanol–water partition coefficient (Wildman–Crippen LogP) is 6.17. The van der Waals surface area contributed by atoms with Crippen molar-refractivity contribution in [3.8, 4) is 0 Å². The van der Waals surface area contributed by atoms with Crippen molar-refractivity contribution in [3.05, 3.63) is 205 Å². The quantitative estimate of drug-likeness (QED) is 0.00712. The normalized spacial score (nSPS) is 23.7. The number of carboxylic acid groups (broad SMARTS) is 1. The number of aliphatic hydroxyl groups is 2. The van der Waals surface area contributed by atoms with E-state index >= 15 is 9.59 Å². The third kappa shape index (κ3) is 15.6. The number of esters is 3. The van der Waals surface area contributed by atoms with Gasteiger partial charge >= 0.3 is 17.9 Å². The maximum atomic E-state index is 16.5. The number of nitrogens with one attached hydrogen (secondary N) is 5. The molecule has 0 spiro atoms. The van der Waals surface area contributed by atoms with E-state index in [0.717, 1.165) is 19.1 Å². The number of nitrogen functional groups attached to an aromatic ring is 1. The number of fused-ring (bicyclic) bond motifs is 6. The Kier molecular flexibility index (Phi) is 22.6. The van der Waals surface area contributed by atoms with Gasteiger partial charge in [0.25, 0.3) is 23.3 Å². The molecule has 4 aliphatic rings. The lowest BCUT2D eigenvalue weighted by Crippen LogP contribution is -2.78. The first-order valence-electron chi connectivity index (χ1n) is 34.8. The van der Waals surface area contributed by atoms with Gasteiger partial charge in [-0.3, -0.25) is 38.5 Å². The molecule has 2 aromatic heterocycles. The number of benzene rings is 5. The number of rotatable bonds is 27. The van der Waals surface area contributed by atoms with E-state index < -0.39 is 141 Å². The minimum atomic E-state index is -2.34. The number of hydrogen-bond acceptors (Lipinski definition) is 24. The molecule has 2 saturated carbocycles. The minimum absolute atomic E-state index is 0.00857. The Balaban J connectivity index is 0.790. The van der Waals surface area contributed by atoms with Crippen LogP contribution in [0.1, 0.15) is 167 Å². The largest absolute Gasteiger partial charge is 0.545 e. The number of Topliss-reactive ketones (excluding diaryl/α,β-unsaturated/α-hetero) is 2. The van der Waals surface area contributed by atoms with Crippen molar-refractivity contribution in [2.75, 3.05) is 24.2 Å². The predicted molar refractivity (Wildman–Crippen MR) is 379 cm³/mol. The standard InChI is InChI=1S/C78H85N9O19/c1-41-33-54(53(71(96)97)34-52(41)69(94)80-32-18-25-51(89)31-26-42(2)83-67(92)48-27-29-49(30-28-48)81-37-50-38-82-66-60(84-50)70(95)87-74(79)86-66)72(98)105-57-35-56-76(7,40-101-56)63-65(106-102-39-45-19-12-9-13-20-45)78(100)36-55(43(3)58(75(78,5)6)62(103-44(4)88)64(91)77(57,63)8)104-73(99)61(90)59(46-21-14-10-15-22-46)85-68(93)47-23-16-11-17-24-47/h9-17,19-24,27-30,33-34,38,42,55-57,59,61-63,65,81,90,100H,18,25-26,31-32,35-37,39-40H2,1-8H3,(H,80,94)(H,83,92)(H,85,93)(H,96,97)(H3,79,82,86,87,95)/p-1/t42-,55+,56-,57+,59+,61-,62-,63-,65+,76-,77-,78-/m1/s1. The fraction of sp³-hybridized carbons (Fsp3) is 0.397. The van der Waals surface area contributed by atoms with Crippen LogP contribution < -0.4 is 37.7 Å². The van der Waals surface area contributed by atoms with E-state index in [1.807, 2.05) is 0 Å². The maximum Gasteiger partial charge on any atom is 0.339 e. The van der Waals surface area contributed by atoms with Gasteiger partial charge < -0.3 is 66.1 Å². The molecule has 28 heteroatoms. The van der Waals surface area contributed by atoms with Crippen molar-refractivity contribution >= 4 is 76.0 Å². The number of ether oxygens (including phenoxy) is 4. The van der Waals surface area contributed by atoms with Crippen molar-refractivity contribution in [1.29, 1.82) is 0 Å². The minimum Gasteiger partial charge on any atom is -0.545 e. The molecule has 9 N–H and O–H groups in total. The third-order valence-electron chi connectivity index (χ3n) is 21.1. The van der Waals surface area contributed by atoms with Gasteiger partial charge in [-0.1, -0.05) is 99.6 Å². The summed E-state index contributed by atoms with van der Waals surface area (Å²) in [4.78, 5) is 167. The van der Waals surface area contributed by atoms with E-state index in [2.05, 4.69) is 41.2 Å². The first kappa shape index (κ1) is 76.2. The summed E-state index contributed by atoms with van der Waals surface area (Å²) >= 11 is 0. The smallest absolute Gasteiger partial charge is 0.339 e. The molecule has 2 bridgehead atoms. The van der Waals surface area contributed by atoms with Gasteiger partial charge in [0.1, 0.15) is 36.3 Å². The summed E-state index contributed by atoms with van der Waals surface area (Å²) in [5.74, 6) is -9.42. The maximum absolute atomic E-state index is 16.5. The van der Waals surface area contributed by atoms with Gasteiger partial charge in [0.2, 0.25) is 5.95 Å². The number of carboxylic acids is 1. The zero-order valence-electron chi connectivity index (χ0n) is 59.7. The van der Waals surface area contributed by atoms with Crippen LogP contribution in [0.5, 0.6) is 0 Å². The molecule has 5 aromatic carbocycles. The second-order valence-electron chi connectivity index (χ2n) is 28.5. The van der Waals surface area contributed by atoms with E-state index in [0.29, 0.717) is 34.5 Å². The summed E-state index contributed by atoms with van der Waals surface area (Å²) in [7, 11) is 0. The van der Waals surface area contributed by atoms with Crippen LogP contribution in [-0.2, 0) is 61.1 Å². The number of anilines is 2. The molecule has 106 heavy (non-hydrogen) atoms. The van der Waals surface area contributed by atoms with Crippen molar-refractivity contribution in [2.24, 2.45) is 22.2 Å². The summed E-state index contributed by atoms with van der Waals surface area (Å²) < 4.78 is 25.1. The molecule has 3 fully saturated rings. The number of ketones is 2. The highest BCUT2D eigenvalue weighted by Crippen LogP contribution is 2.66. The average molecular weight is 1450 g/mol. The highest BCUT2D eigenvalue weighted by atomic mass is 17.2. The Morgan fingerprint density at radius 3 is 2.11 bits per heavy atom. The second-order valence-corrected chi connectivity index (χ2v) is 28.5. The number of carbonyl (C=O) groups excluding carboxylic acids is 9. The van der Waals surface area contributed by atoms with Crippen LogP contribution in [0.2, 0.25) is 0 Å². The van der Waals surface area contributed by atoms with Crippen LogP contribution >= 0.6 is 0 Å². The van der Waals surface area contributed by atoms with Gasteiger partial charge in [-0.25, -0.2) is 29.3 Å². The molecule has 0 radical (unpaired) electrons. The van der Waals surface area contributed by atoms with Crippen LogP contribution in [-0.4, -0.2) is 145 Å². The fourth-order valence-corrected chi connectivity index (χ4v) is 15.2. The molecule has 1 saturated heterocycles. The van der Waals surface area contributed by atoms with E-state index in [1.54, 1.807) is 143 Å². The Bertz CT molecular complexity index is 4630. The van der Waals surface area contributed by atoms with Crippen molar-refractivity contribution in [1.82, 2.24) is 35.9 Å². The lowest BCUT2D eigenvalue weighted by Gasteiger charge is -2.68. The van der Waals surface area contributed by atoms with Crippen molar-refractivity contribution < 1.29 is 87.2 Å². The molecular formula is C78H84N9O19-. The summed E-state index contributed by atoms with van der Waals surface area (Å²) in [6.07, 6.45) is -8.17. The van der Waals surface area contributed by atoms with Crippen LogP contribution in [0.25, 0.3) is 11.2 Å². The number of nitrogens with zero attached hydrogens (tertiary/aromatic N) is 3. The van der Waals surface area contributed by atoms with Gasteiger partial charge in [0.15, 0.2) is 29.2 Å². The molecule has 28 nitrogen and oxygen atoms in total. The van der Waals surface area contributed by atoms with Crippen LogP contribution in [0.4, 0.5) is 11.6 Å². The number of amides is 3. The van der Waals surface area contributed by atoms with Gasteiger partial charge in [0.05, 0.1) is 54.1 Å². The van der Waals surface area contributed by atoms with Gasteiger partial charge in [-0.05, 0) is 117 Å². The molecule has 11 rings (SSSR count). The lowest BCUT2D eigenvalue weighted by molar-refractivity contribution is -0.412. The van der Waals surface area contributed by atoms with Crippen LogP contribution in [0.3, 0.4) is 0 Å². The third-order valence-corrected chi connectivity index (χ3v) is 21.1. The van der Waals surface area contributed by atoms with Gasteiger partial charge in [0, 0.05) is 89.9 Å². The monoisotopic (exact) mass is 1450 g/mol. The molecule has 3 heterocycles. The average Bonchev–Trinajstić information content (AvgIpc) is 0.670. The van der Waals surface area contributed by atoms with Crippen molar-refractivity contribution in [3.63, 3.8) is 0 Å². The van der Waals surface area contributed by atoms with Gasteiger partial charge in [-0.15, -0.1) is 0 Å². The molecule has 12 atom stereocenters. The number of nitrogens with two attached hydrogens (primary N) is 1. The van der Waals surface area contributed by atoms with E-state index in [-0.39, 0.29) is 109 Å². The number of aryl methyl sites for hydroxylation is 1. The first-order valence-corrected chi connectivity index (χ1v) is 34.8. The highest BCUT2D eigenvalue weighted by Gasteiger charge is 2.76. The molecule has 3 aliphatic carbocycles. The first-order chi connectivity index (χ1) is 50.4. The SMILES string of the molecule is CC(=O)O[C@H]1C(=O)[C@]2(C)[C@@H](OC(=O)c3cc(C)c(C(=O)NCCCC(=O)CC[C@@H](C)NC(=O)c4ccc(NCc5cnc6nc(N)[nH]c(=O)c6n5)cc4)cc3C(=O)[O-])C[C@H]3OC[C@@]3(C)[C@H]2[C@H](OOCc2ccccc2)[C@]2(O)C[C@H](OC(=O)[C@H](O)[C@@H](NC(=O)c3ccccc3)c3ccccc3)C(C)=C1C2(C)C. The summed E-state index contributed by atoms with van der Waals surface area (Å²) in [6, 6.07) is 32.3. The molecule has 7 aromatic rings. The lowest BCUT2D eigenvalue weighted by atomic mass is 9.42. The number of aromatic amines is 1. The Morgan fingerprint density at radius 1 is 0.792 bits per heavy atom. The van der Waals surface area contributed by atoms with E-state index in [1.165, 1.54) is 27.0 Å². The Hall–Kier alpha value is -10.9. The molecular weight excluding hydrogens is 1370 g/mol. The van der Waals surface area contributed by atoms with Gasteiger partial charge in [-0.2, -0.15) is 4.98 Å². The molecule has 1 aliphatic heterocycles. The molecule has 556 valence electrons. The zero-order valence-corrected chi connectivity index (χ0v) is 59.7. The van der Waals surface area contributed by atoms with E-state index in [9.17, 15) is 53.7 Å². The number of hydrogen-bond donors (Lipinski definition) is 8. The molecule has 0 unspecified atom stereocenters. The number of aliphatic hydroxyl groups excluding tert-OH is 1. The summed E-state index contributed by atoms with van der Waals surface area (Å²) in [6.45, 7) is 12.3. The Morgan fingerprint density at radius 2 is 1.45 bits per heavy atom. The Labute approximate surface area is 609 Å². The molecule has 3 amide bonds. The fourth-order valence-electron chi connectivity index (χ4n) is 15.2. The number of aromatic nitrogens is 4. The summed E-state index contributed by atoms with van der Waals surface area (Å²) in [5, 5.41) is 50.9. The number of aromatic carboxylic acids is 1. The van der Waals surface area contributed by atoms with Crippen molar-refractivity contribution in [2.45, 2.75) is 161 Å². The van der Waals surface area contributed by atoms with Crippen LogP contribution in [0.15, 0.2) is 150 Å².